The molecule has 1 aromatic rings. The molecule has 0 bridgehead atoms. The second-order valence-corrected chi connectivity index (χ2v) is 13.3. The van der Waals surface area contributed by atoms with Crippen LogP contribution in [-0.4, -0.2) is 130 Å². The fourth-order valence-corrected chi connectivity index (χ4v) is 5.24. The van der Waals surface area contributed by atoms with Gasteiger partial charge < -0.3 is 75.5 Å². The van der Waals surface area contributed by atoms with E-state index in [-0.39, 0.29) is 75.0 Å². The van der Waals surface area contributed by atoms with E-state index in [2.05, 4.69) is 49.8 Å². The van der Waals surface area contributed by atoms with Crippen molar-refractivity contribution in [1.82, 2.24) is 37.2 Å². The predicted octanol–water partition coefficient (Wildman–Crippen LogP) is -5.13. The van der Waals surface area contributed by atoms with Gasteiger partial charge in [-0.3, -0.25) is 39.6 Å². The van der Waals surface area contributed by atoms with E-state index in [9.17, 15) is 48.9 Å². The number of aliphatic hydroxyl groups excluding tert-OH is 1. The molecular formula is C33H55N13O10S. The second-order valence-electron chi connectivity index (χ2n) is 12.9. The lowest BCUT2D eigenvalue weighted by Gasteiger charge is -2.27. The summed E-state index contributed by atoms with van der Waals surface area (Å²) in [4.78, 5) is 90.8. The van der Waals surface area contributed by atoms with Crippen molar-refractivity contribution in [2.75, 3.05) is 18.8 Å². The zero-order valence-corrected chi connectivity index (χ0v) is 32.3. The van der Waals surface area contributed by atoms with Crippen LogP contribution in [0.3, 0.4) is 0 Å². The Kier molecular flexibility index (Phi) is 21.8. The van der Waals surface area contributed by atoms with Crippen LogP contribution in [0.25, 0.3) is 0 Å². The Hall–Kier alpha value is -5.88. The van der Waals surface area contributed by atoms with Gasteiger partial charge in [-0.25, -0.2) is 4.79 Å². The molecule has 24 heteroatoms. The molecule has 0 fully saturated rings. The van der Waals surface area contributed by atoms with Crippen molar-refractivity contribution in [3.8, 4) is 5.75 Å². The van der Waals surface area contributed by atoms with Crippen molar-refractivity contribution in [3.05, 3.63) is 29.8 Å². The molecule has 0 aliphatic heterocycles. The molecule has 1 rings (SSSR count). The monoisotopic (exact) mass is 825 g/mol. The molecule has 6 amide bonds. The summed E-state index contributed by atoms with van der Waals surface area (Å²) < 4.78 is 0. The Morgan fingerprint density at radius 2 is 1.09 bits per heavy atom. The van der Waals surface area contributed by atoms with Crippen molar-refractivity contribution in [1.29, 1.82) is 10.8 Å². The molecule has 0 heterocycles. The summed E-state index contributed by atoms with van der Waals surface area (Å²) in [5.74, 6) is -7.91. The van der Waals surface area contributed by atoms with Gasteiger partial charge >= 0.3 is 5.97 Å². The predicted molar refractivity (Wildman–Crippen MR) is 209 cm³/mol. The summed E-state index contributed by atoms with van der Waals surface area (Å²) in [6.45, 7) is 1.46. The van der Waals surface area contributed by atoms with E-state index in [1.165, 1.54) is 31.2 Å². The highest BCUT2D eigenvalue weighted by Gasteiger charge is 2.33. The van der Waals surface area contributed by atoms with Crippen LogP contribution in [0.15, 0.2) is 24.3 Å². The molecule has 0 unspecified atom stereocenters. The Bertz CT molecular complexity index is 1570. The number of nitrogens with one attached hydrogen (secondary N) is 9. The number of phenolic OH excluding ortho intramolecular Hbond substituents is 1. The van der Waals surface area contributed by atoms with Gasteiger partial charge in [0.05, 0.1) is 6.10 Å². The number of phenols is 1. The first-order valence-corrected chi connectivity index (χ1v) is 18.4. The topological polar surface area (TPSA) is 416 Å². The maximum atomic E-state index is 13.9. The van der Waals surface area contributed by atoms with Crippen LogP contribution in [0.2, 0.25) is 0 Å². The normalized spacial score (nSPS) is 14.5. The van der Waals surface area contributed by atoms with Crippen molar-refractivity contribution < 1.29 is 48.9 Å². The third-order valence-corrected chi connectivity index (χ3v) is 8.54. The highest BCUT2D eigenvalue weighted by molar-refractivity contribution is 7.80. The molecule has 318 valence electrons. The smallest absolute Gasteiger partial charge is 0.327 e. The van der Waals surface area contributed by atoms with Crippen LogP contribution < -0.4 is 60.2 Å². The Morgan fingerprint density at radius 1 is 0.684 bits per heavy atom. The zero-order valence-electron chi connectivity index (χ0n) is 31.4. The van der Waals surface area contributed by atoms with Gasteiger partial charge in [0.2, 0.25) is 35.4 Å². The van der Waals surface area contributed by atoms with Gasteiger partial charge in [0, 0.05) is 31.7 Å². The van der Waals surface area contributed by atoms with Gasteiger partial charge in [-0.1, -0.05) is 12.1 Å². The fourth-order valence-electron chi connectivity index (χ4n) is 4.99. The maximum absolute atomic E-state index is 13.9. The Morgan fingerprint density at radius 3 is 1.49 bits per heavy atom. The second kappa shape index (κ2) is 25.3. The number of carbonyl (C=O) groups is 7. The summed E-state index contributed by atoms with van der Waals surface area (Å²) in [6.07, 6.45) is -2.14. The van der Waals surface area contributed by atoms with Crippen molar-refractivity contribution >= 4 is 66.0 Å². The third-order valence-electron chi connectivity index (χ3n) is 8.18. The first kappa shape index (κ1) is 49.1. The number of primary amides is 1. The lowest BCUT2D eigenvalue weighted by Crippen LogP contribution is -2.60. The molecule has 0 spiro atoms. The van der Waals surface area contributed by atoms with Crippen molar-refractivity contribution in [3.63, 3.8) is 0 Å². The van der Waals surface area contributed by atoms with Crippen molar-refractivity contribution in [2.24, 2.45) is 22.9 Å². The molecular weight excluding hydrogens is 771 g/mol. The number of aromatic hydroxyl groups is 1. The minimum Gasteiger partial charge on any atom is -0.508 e. The molecule has 0 aliphatic carbocycles. The molecule has 57 heavy (non-hydrogen) atoms. The SMILES string of the molecule is C[C@@H](O)[C@H](N)C(=O)N[C@@H](CCCNC(=N)N)C(=O)N[C@@H](CCC(N)=O)C(=O)N[C@@H](CCCNC(=N)N)C(=O)N[C@@H](Cc1ccc(O)cc1)C(=O)N[C@@H](CS)C(=O)O. The number of amides is 6. The fraction of sp³-hybridized carbons (Fsp3) is 0.545. The number of carbonyl (C=O) groups excluding carboxylic acids is 6. The number of aliphatic hydroxyl groups is 1. The summed E-state index contributed by atoms with van der Waals surface area (Å²) in [5.41, 5.74) is 22.2. The highest BCUT2D eigenvalue weighted by Crippen LogP contribution is 2.13. The average molecular weight is 826 g/mol. The number of carboxylic acid groups (broad SMARTS) is 1. The number of nitrogens with two attached hydrogens (primary N) is 4. The quantitative estimate of drug-likeness (QED) is 0.0180. The number of guanidine groups is 2. The van der Waals surface area contributed by atoms with Crippen LogP contribution in [0, 0.1) is 10.8 Å². The van der Waals surface area contributed by atoms with E-state index in [0.717, 1.165) is 0 Å². The maximum Gasteiger partial charge on any atom is 0.327 e. The number of hydrogen-bond donors (Lipinski definition) is 17. The van der Waals surface area contributed by atoms with Gasteiger partial charge in [-0.15, -0.1) is 0 Å². The molecule has 7 atom stereocenters. The molecule has 1 aromatic carbocycles. The van der Waals surface area contributed by atoms with Crippen LogP contribution in [0.5, 0.6) is 5.75 Å². The molecule has 0 aliphatic rings. The lowest BCUT2D eigenvalue weighted by atomic mass is 10.0. The molecule has 23 nitrogen and oxygen atoms in total. The standard InChI is InChI=1S/C33H55N13O10S/c1-16(47)25(35)30(54)44-20(5-3-13-41-33(38)39)26(50)43-21(10-11-24(34)49)28(52)42-19(4-2-12-40-32(36)37)27(51)45-22(14-17-6-8-18(48)9-7-17)29(53)46-23(15-57)31(55)56/h6-9,16,19-23,25,47-48,57H,2-5,10-15,35H2,1H3,(H2,34,49)(H,42,52)(H,43,50)(H,44,54)(H,45,51)(H,46,53)(H,55,56)(H4,36,37,40)(H4,38,39,41)/t16-,19+,20+,21+,22+,23+,25+/m1/s1. The molecule has 0 saturated heterocycles. The van der Waals surface area contributed by atoms with E-state index < -0.39 is 90.2 Å². The first-order chi connectivity index (χ1) is 26.7. The van der Waals surface area contributed by atoms with Gasteiger partial charge in [0.15, 0.2) is 11.9 Å². The van der Waals surface area contributed by atoms with E-state index in [4.69, 9.17) is 33.8 Å². The molecule has 0 saturated carbocycles. The molecule has 20 N–H and O–H groups in total. The number of hydrogen-bond acceptors (Lipinski definition) is 13. The number of rotatable bonds is 26. The summed E-state index contributed by atoms with van der Waals surface area (Å²) >= 11 is 3.96. The van der Waals surface area contributed by atoms with E-state index in [1.54, 1.807) is 0 Å². The highest BCUT2D eigenvalue weighted by atomic mass is 32.1. The first-order valence-electron chi connectivity index (χ1n) is 17.8. The van der Waals surface area contributed by atoms with Crippen LogP contribution in [0.1, 0.15) is 51.0 Å². The summed E-state index contributed by atoms with van der Waals surface area (Å²) in [5, 5.41) is 61.0. The molecule has 0 radical (unpaired) electrons. The van der Waals surface area contributed by atoms with E-state index in [0.29, 0.717) is 5.56 Å². The van der Waals surface area contributed by atoms with Crippen LogP contribution >= 0.6 is 12.6 Å². The van der Waals surface area contributed by atoms with Crippen molar-refractivity contribution in [2.45, 2.75) is 94.2 Å². The zero-order chi connectivity index (χ0) is 43.2. The van der Waals surface area contributed by atoms with Gasteiger partial charge in [0.25, 0.3) is 0 Å². The number of thiol groups is 1. The van der Waals surface area contributed by atoms with Gasteiger partial charge in [-0.05, 0) is 56.7 Å². The minimum absolute atomic E-state index is 0.0663. The lowest BCUT2D eigenvalue weighted by molar-refractivity contribution is -0.141. The largest absolute Gasteiger partial charge is 0.508 e. The summed E-state index contributed by atoms with van der Waals surface area (Å²) in [6, 6.07) is -2.95. The van der Waals surface area contributed by atoms with Crippen LogP contribution in [0.4, 0.5) is 0 Å². The number of benzene rings is 1. The average Bonchev–Trinajstić information content (AvgIpc) is 3.13. The van der Waals surface area contributed by atoms with Gasteiger partial charge in [-0.2, -0.15) is 12.6 Å². The third kappa shape index (κ3) is 19.5. The Balaban J connectivity index is 3.46. The summed E-state index contributed by atoms with van der Waals surface area (Å²) in [7, 11) is 0. The number of carboxylic acids is 1. The van der Waals surface area contributed by atoms with E-state index in [1.807, 2.05) is 0 Å². The minimum atomic E-state index is -1.53. The molecule has 0 aromatic heterocycles. The Labute approximate surface area is 334 Å². The van der Waals surface area contributed by atoms with Gasteiger partial charge in [0.1, 0.15) is 42.0 Å². The number of aliphatic carboxylic acids is 1. The van der Waals surface area contributed by atoms with Crippen LogP contribution in [-0.2, 0) is 40.0 Å². The van der Waals surface area contributed by atoms with E-state index >= 15 is 0 Å².